The van der Waals surface area contributed by atoms with Gasteiger partial charge in [-0.15, -0.1) is 11.3 Å². The molecule has 0 radical (unpaired) electrons. The molecular formula is C21H19N3O4S. The van der Waals surface area contributed by atoms with E-state index in [1.165, 1.54) is 4.57 Å². The van der Waals surface area contributed by atoms with Crippen LogP contribution in [0, 0.1) is 11.3 Å². The lowest BCUT2D eigenvalue weighted by atomic mass is 10.1. The van der Waals surface area contributed by atoms with Gasteiger partial charge >= 0.3 is 5.97 Å². The zero-order chi connectivity index (χ0) is 21.0. The second-order valence-electron chi connectivity index (χ2n) is 6.03. The highest BCUT2D eigenvalue weighted by Gasteiger charge is 2.16. The highest BCUT2D eigenvalue weighted by atomic mass is 32.1. The van der Waals surface area contributed by atoms with Gasteiger partial charge in [-0.1, -0.05) is 12.1 Å². The topological polar surface area (TPSA) is 104 Å². The SMILES string of the molecule is CCOC(=O)/C(C#N)=c1\s/c(=C\Nc2ccc3c(O)cccc3c2)c(=O)n1CC. The van der Waals surface area contributed by atoms with E-state index >= 15 is 0 Å². The van der Waals surface area contributed by atoms with Crippen LogP contribution in [0.15, 0.2) is 41.2 Å². The van der Waals surface area contributed by atoms with Crippen LogP contribution in [0.3, 0.4) is 0 Å². The number of esters is 1. The molecule has 0 fully saturated rings. The summed E-state index contributed by atoms with van der Waals surface area (Å²) < 4.78 is 6.93. The number of phenolic OH excluding ortho intramolecular Hbond substituents is 1. The second-order valence-corrected chi connectivity index (χ2v) is 7.06. The average Bonchev–Trinajstić information content (AvgIpc) is 3.02. The Kier molecular flexibility index (Phi) is 6.00. The zero-order valence-corrected chi connectivity index (χ0v) is 16.7. The maximum absolute atomic E-state index is 12.7. The summed E-state index contributed by atoms with van der Waals surface area (Å²) >= 11 is 1.05. The van der Waals surface area contributed by atoms with Crippen LogP contribution in [0.25, 0.3) is 22.5 Å². The number of phenols is 1. The molecule has 0 unspecified atom stereocenters. The highest BCUT2D eigenvalue weighted by Crippen LogP contribution is 2.26. The molecule has 29 heavy (non-hydrogen) atoms. The van der Waals surface area contributed by atoms with E-state index in [9.17, 15) is 20.0 Å². The van der Waals surface area contributed by atoms with Gasteiger partial charge in [0.1, 0.15) is 21.0 Å². The third-order valence-electron chi connectivity index (χ3n) is 4.26. The minimum Gasteiger partial charge on any atom is -0.507 e. The van der Waals surface area contributed by atoms with E-state index in [0.29, 0.717) is 11.1 Å². The number of aromatic nitrogens is 1. The minimum atomic E-state index is -0.743. The molecule has 0 saturated heterocycles. The van der Waals surface area contributed by atoms with Crippen molar-refractivity contribution >= 4 is 45.5 Å². The van der Waals surface area contributed by atoms with Crippen molar-refractivity contribution in [3.05, 3.63) is 55.9 Å². The van der Waals surface area contributed by atoms with E-state index in [4.69, 9.17) is 4.74 Å². The smallest absolute Gasteiger partial charge is 0.351 e. The summed E-state index contributed by atoms with van der Waals surface area (Å²) in [6.07, 6.45) is 1.55. The molecule has 0 bridgehead atoms. The van der Waals surface area contributed by atoms with Crippen molar-refractivity contribution in [1.29, 1.82) is 5.26 Å². The summed E-state index contributed by atoms with van der Waals surface area (Å²) in [5, 5.41) is 23.9. The number of ether oxygens (including phenoxy) is 1. The number of hydrogen-bond donors (Lipinski definition) is 2. The van der Waals surface area contributed by atoms with E-state index in [0.717, 1.165) is 27.8 Å². The van der Waals surface area contributed by atoms with Crippen LogP contribution in [0.5, 0.6) is 5.75 Å². The minimum absolute atomic E-state index is 0.143. The summed E-state index contributed by atoms with van der Waals surface area (Å²) in [6.45, 7) is 3.88. The molecule has 3 rings (SSSR count). The number of rotatable bonds is 5. The van der Waals surface area contributed by atoms with E-state index in [2.05, 4.69) is 5.32 Å². The van der Waals surface area contributed by atoms with Crippen LogP contribution < -0.4 is 20.1 Å². The Morgan fingerprint density at radius 2 is 2.14 bits per heavy atom. The van der Waals surface area contributed by atoms with Crippen molar-refractivity contribution in [2.75, 3.05) is 11.9 Å². The Morgan fingerprint density at radius 3 is 2.83 bits per heavy atom. The van der Waals surface area contributed by atoms with Crippen LogP contribution in [0.2, 0.25) is 0 Å². The number of carbonyl (C=O) groups is 1. The Hall–Kier alpha value is -3.57. The number of aromatic hydroxyl groups is 1. The monoisotopic (exact) mass is 409 g/mol. The van der Waals surface area contributed by atoms with Crippen molar-refractivity contribution in [1.82, 2.24) is 4.57 Å². The molecule has 0 aliphatic rings. The number of nitrogens with zero attached hydrogens (tertiary/aromatic N) is 2. The first-order valence-electron chi connectivity index (χ1n) is 8.99. The van der Waals surface area contributed by atoms with Crippen LogP contribution in [0.4, 0.5) is 5.69 Å². The molecule has 3 aromatic rings. The van der Waals surface area contributed by atoms with Gasteiger partial charge in [0.2, 0.25) is 0 Å². The molecule has 1 aromatic heterocycles. The molecule has 0 saturated carbocycles. The molecule has 1 heterocycles. The van der Waals surface area contributed by atoms with E-state index in [1.807, 2.05) is 18.2 Å². The average molecular weight is 409 g/mol. The molecule has 0 amide bonds. The molecule has 0 aliphatic heterocycles. The quantitative estimate of drug-likeness (QED) is 0.624. The van der Waals surface area contributed by atoms with Crippen LogP contribution >= 0.6 is 11.3 Å². The lowest BCUT2D eigenvalue weighted by Crippen LogP contribution is -2.32. The third kappa shape index (κ3) is 4.00. The van der Waals surface area contributed by atoms with Crippen LogP contribution in [-0.4, -0.2) is 22.2 Å². The Balaban J connectivity index is 2.07. The van der Waals surface area contributed by atoms with Crippen molar-refractivity contribution in [3.63, 3.8) is 0 Å². The van der Waals surface area contributed by atoms with Crippen molar-refractivity contribution in [3.8, 4) is 11.8 Å². The molecule has 0 aliphatic carbocycles. The molecule has 8 heteroatoms. The van der Waals surface area contributed by atoms with Gasteiger partial charge in [0.25, 0.3) is 5.56 Å². The van der Waals surface area contributed by atoms with Gasteiger partial charge in [0.15, 0.2) is 5.57 Å². The van der Waals surface area contributed by atoms with Crippen LogP contribution in [-0.2, 0) is 16.1 Å². The first kappa shape index (κ1) is 20.2. The number of nitriles is 1. The first-order chi connectivity index (χ1) is 14.0. The van der Waals surface area contributed by atoms with Gasteiger partial charge in [0, 0.05) is 23.8 Å². The maximum atomic E-state index is 12.7. The van der Waals surface area contributed by atoms with Crippen molar-refractivity contribution in [2.24, 2.45) is 0 Å². The number of benzene rings is 2. The van der Waals surface area contributed by atoms with E-state index in [-0.39, 0.29) is 28.2 Å². The number of thiazole rings is 1. The molecule has 2 N–H and O–H groups in total. The summed E-state index contributed by atoms with van der Waals surface area (Å²) in [6, 6.07) is 12.5. The van der Waals surface area contributed by atoms with Crippen molar-refractivity contribution < 1.29 is 14.6 Å². The summed E-state index contributed by atoms with van der Waals surface area (Å²) in [5.41, 5.74) is 0.252. The predicted molar refractivity (Wildman–Crippen MR) is 113 cm³/mol. The van der Waals surface area contributed by atoms with Gasteiger partial charge in [0.05, 0.1) is 6.61 Å². The summed E-state index contributed by atoms with van der Waals surface area (Å²) in [4.78, 5) is 24.8. The van der Waals surface area contributed by atoms with E-state index in [1.54, 1.807) is 44.3 Å². The van der Waals surface area contributed by atoms with Gasteiger partial charge in [-0.05, 0) is 43.5 Å². The molecule has 0 spiro atoms. The van der Waals surface area contributed by atoms with Gasteiger partial charge in [-0.25, -0.2) is 4.79 Å². The normalized spacial score (nSPS) is 12.5. The van der Waals surface area contributed by atoms with Gasteiger partial charge in [-0.2, -0.15) is 5.26 Å². The highest BCUT2D eigenvalue weighted by molar-refractivity contribution is 7.07. The molecule has 0 atom stereocenters. The summed E-state index contributed by atoms with van der Waals surface area (Å²) in [5.74, 6) is -0.544. The number of carbonyl (C=O) groups excluding carboxylic acids is 1. The number of hydrogen-bond acceptors (Lipinski definition) is 7. The Labute approximate surface area is 170 Å². The Morgan fingerprint density at radius 1 is 1.34 bits per heavy atom. The second kappa shape index (κ2) is 8.63. The molecule has 148 valence electrons. The fraction of sp³-hybridized carbons (Fsp3) is 0.190. The number of fused-ring (bicyclic) bond motifs is 1. The Bertz CT molecular complexity index is 1300. The molecular weight excluding hydrogens is 390 g/mol. The fourth-order valence-electron chi connectivity index (χ4n) is 2.88. The standard InChI is InChI=1S/C21H19N3O4S/c1-3-24-19(26)18(29-20(24)16(11-22)21(27)28-4-2)12-23-14-8-9-15-13(10-14)6-5-7-17(15)25/h5-10,12,23,25H,3-4H2,1-2H3/b18-12-,20-16-. The first-order valence-corrected chi connectivity index (χ1v) is 9.81. The fourth-order valence-corrected chi connectivity index (χ4v) is 3.96. The lowest BCUT2D eigenvalue weighted by molar-refractivity contribution is -0.136. The van der Waals surface area contributed by atoms with Gasteiger partial charge in [-0.3, -0.25) is 9.36 Å². The molecule has 2 aromatic carbocycles. The third-order valence-corrected chi connectivity index (χ3v) is 5.39. The van der Waals surface area contributed by atoms with Crippen LogP contribution in [0.1, 0.15) is 13.8 Å². The van der Waals surface area contributed by atoms with E-state index < -0.39 is 5.97 Å². The lowest BCUT2D eigenvalue weighted by Gasteiger charge is -2.04. The number of anilines is 1. The van der Waals surface area contributed by atoms with Gasteiger partial charge < -0.3 is 15.2 Å². The number of nitrogens with one attached hydrogen (secondary N) is 1. The maximum Gasteiger partial charge on any atom is 0.351 e. The predicted octanol–water partition coefficient (Wildman–Crippen LogP) is 1.88. The summed E-state index contributed by atoms with van der Waals surface area (Å²) in [7, 11) is 0. The molecule has 7 nitrogen and oxygen atoms in total. The largest absolute Gasteiger partial charge is 0.507 e. The van der Waals surface area contributed by atoms with Crippen molar-refractivity contribution in [2.45, 2.75) is 20.4 Å². The zero-order valence-electron chi connectivity index (χ0n) is 15.9.